The van der Waals surface area contributed by atoms with E-state index in [4.69, 9.17) is 10.8 Å². The second-order valence-electron chi connectivity index (χ2n) is 5.81. The molecule has 1 rings (SSSR count). The van der Waals surface area contributed by atoms with Gasteiger partial charge in [-0.2, -0.15) is 0 Å². The number of carbonyl (C=O) groups is 2. The van der Waals surface area contributed by atoms with Crippen molar-refractivity contribution in [3.05, 3.63) is 0 Å². The normalized spacial score (nSPS) is 23.3. The van der Waals surface area contributed by atoms with E-state index in [1.165, 1.54) is 0 Å². The molecule has 17 heavy (non-hydrogen) atoms. The summed E-state index contributed by atoms with van der Waals surface area (Å²) in [6.45, 7) is 6.64. The van der Waals surface area contributed by atoms with Crippen molar-refractivity contribution in [2.45, 2.75) is 39.7 Å². The summed E-state index contributed by atoms with van der Waals surface area (Å²) in [6, 6.07) is -0.574. The van der Waals surface area contributed by atoms with Gasteiger partial charge in [0.05, 0.1) is 12.0 Å². The van der Waals surface area contributed by atoms with Crippen LogP contribution in [-0.4, -0.2) is 41.0 Å². The van der Waals surface area contributed by atoms with Crippen molar-refractivity contribution in [1.82, 2.24) is 4.90 Å². The summed E-state index contributed by atoms with van der Waals surface area (Å²) < 4.78 is 0. The van der Waals surface area contributed by atoms with Gasteiger partial charge in [0.1, 0.15) is 0 Å². The van der Waals surface area contributed by atoms with E-state index in [-0.39, 0.29) is 17.9 Å². The Labute approximate surface area is 102 Å². The van der Waals surface area contributed by atoms with Crippen LogP contribution in [0.1, 0.15) is 33.6 Å². The third-order valence-corrected chi connectivity index (χ3v) is 3.28. The molecule has 5 heteroatoms. The van der Waals surface area contributed by atoms with Gasteiger partial charge in [-0.1, -0.05) is 20.8 Å². The summed E-state index contributed by atoms with van der Waals surface area (Å²) in [5, 5.41) is 8.97. The Morgan fingerprint density at radius 1 is 1.41 bits per heavy atom. The minimum atomic E-state index is -0.827. The Kier molecular flexibility index (Phi) is 4.14. The van der Waals surface area contributed by atoms with Gasteiger partial charge in [-0.25, -0.2) is 0 Å². The van der Waals surface area contributed by atoms with Crippen LogP contribution in [0.2, 0.25) is 0 Å². The van der Waals surface area contributed by atoms with Crippen molar-refractivity contribution < 1.29 is 14.7 Å². The molecule has 98 valence electrons. The molecule has 0 aromatic heterocycles. The SMILES string of the molecule is CC(C)(C)C(N)C(=O)N1CCC[C@H](C(=O)O)C1. The van der Waals surface area contributed by atoms with Gasteiger partial charge < -0.3 is 15.7 Å². The predicted molar refractivity (Wildman–Crippen MR) is 64.4 cm³/mol. The molecule has 0 aromatic rings. The van der Waals surface area contributed by atoms with Crippen LogP contribution in [0.4, 0.5) is 0 Å². The topological polar surface area (TPSA) is 83.6 Å². The monoisotopic (exact) mass is 242 g/mol. The van der Waals surface area contributed by atoms with Crippen LogP contribution >= 0.6 is 0 Å². The summed E-state index contributed by atoms with van der Waals surface area (Å²) in [5.41, 5.74) is 5.61. The lowest BCUT2D eigenvalue weighted by Gasteiger charge is -2.36. The number of nitrogens with two attached hydrogens (primary N) is 1. The van der Waals surface area contributed by atoms with Crippen LogP contribution in [0.5, 0.6) is 0 Å². The first-order valence-corrected chi connectivity index (χ1v) is 6.00. The molecule has 1 aliphatic heterocycles. The largest absolute Gasteiger partial charge is 0.481 e. The highest BCUT2D eigenvalue weighted by Crippen LogP contribution is 2.22. The number of likely N-dealkylation sites (tertiary alicyclic amines) is 1. The lowest BCUT2D eigenvalue weighted by atomic mass is 9.86. The summed E-state index contributed by atoms with van der Waals surface area (Å²) >= 11 is 0. The van der Waals surface area contributed by atoms with Crippen LogP contribution in [0, 0.1) is 11.3 Å². The Balaban J connectivity index is 2.67. The molecular weight excluding hydrogens is 220 g/mol. The molecule has 1 amide bonds. The number of piperidine rings is 1. The van der Waals surface area contributed by atoms with E-state index >= 15 is 0 Å². The number of carboxylic acids is 1. The van der Waals surface area contributed by atoms with E-state index in [1.807, 2.05) is 20.8 Å². The van der Waals surface area contributed by atoms with Crippen LogP contribution < -0.4 is 5.73 Å². The van der Waals surface area contributed by atoms with Crippen molar-refractivity contribution in [1.29, 1.82) is 0 Å². The number of aliphatic carboxylic acids is 1. The molecule has 5 nitrogen and oxygen atoms in total. The minimum absolute atomic E-state index is 0.136. The van der Waals surface area contributed by atoms with E-state index in [9.17, 15) is 9.59 Å². The fraction of sp³-hybridized carbons (Fsp3) is 0.833. The molecule has 1 saturated heterocycles. The molecule has 0 radical (unpaired) electrons. The summed E-state index contributed by atoms with van der Waals surface area (Å²) in [5.74, 6) is -1.41. The van der Waals surface area contributed by atoms with Gasteiger partial charge in [0.2, 0.25) is 5.91 Å². The molecule has 3 N–H and O–H groups in total. The predicted octanol–water partition coefficient (Wildman–Crippen LogP) is 0.683. The third-order valence-electron chi connectivity index (χ3n) is 3.28. The van der Waals surface area contributed by atoms with Crippen molar-refractivity contribution in [2.24, 2.45) is 17.1 Å². The molecule has 1 heterocycles. The highest BCUT2D eigenvalue weighted by molar-refractivity contribution is 5.83. The maximum atomic E-state index is 12.1. The minimum Gasteiger partial charge on any atom is -0.481 e. The van der Waals surface area contributed by atoms with Gasteiger partial charge in [-0.15, -0.1) is 0 Å². The van der Waals surface area contributed by atoms with E-state index in [0.29, 0.717) is 13.0 Å². The molecular formula is C12H22N2O3. The van der Waals surface area contributed by atoms with Crippen LogP contribution in [0.3, 0.4) is 0 Å². The summed E-state index contributed by atoms with van der Waals surface area (Å²) in [6.07, 6.45) is 1.38. The van der Waals surface area contributed by atoms with Gasteiger partial charge >= 0.3 is 5.97 Å². The number of carboxylic acid groups (broad SMARTS) is 1. The number of nitrogens with zero attached hydrogens (tertiary/aromatic N) is 1. The molecule has 1 unspecified atom stereocenters. The highest BCUT2D eigenvalue weighted by atomic mass is 16.4. The average molecular weight is 242 g/mol. The van der Waals surface area contributed by atoms with Crippen LogP contribution in [-0.2, 0) is 9.59 Å². The van der Waals surface area contributed by atoms with Gasteiger partial charge in [-0.05, 0) is 18.3 Å². The summed E-state index contributed by atoms with van der Waals surface area (Å²) in [7, 11) is 0. The third kappa shape index (κ3) is 3.43. The molecule has 0 aliphatic carbocycles. The number of hydrogen-bond acceptors (Lipinski definition) is 3. The van der Waals surface area contributed by atoms with E-state index in [0.717, 1.165) is 6.42 Å². The molecule has 0 saturated carbocycles. The van der Waals surface area contributed by atoms with Gasteiger partial charge in [0.25, 0.3) is 0 Å². The maximum Gasteiger partial charge on any atom is 0.308 e. The van der Waals surface area contributed by atoms with Gasteiger partial charge in [-0.3, -0.25) is 9.59 Å². The Morgan fingerprint density at radius 2 is 2.00 bits per heavy atom. The van der Waals surface area contributed by atoms with Crippen LogP contribution in [0.15, 0.2) is 0 Å². The van der Waals surface area contributed by atoms with Crippen molar-refractivity contribution in [2.75, 3.05) is 13.1 Å². The fourth-order valence-electron chi connectivity index (χ4n) is 1.95. The lowest BCUT2D eigenvalue weighted by molar-refractivity contribution is -0.146. The molecule has 0 aromatic carbocycles. The Morgan fingerprint density at radius 3 is 2.47 bits per heavy atom. The molecule has 0 bridgehead atoms. The lowest BCUT2D eigenvalue weighted by Crippen LogP contribution is -2.53. The first-order valence-electron chi connectivity index (χ1n) is 6.00. The second kappa shape index (κ2) is 5.04. The Bertz CT molecular complexity index is 309. The van der Waals surface area contributed by atoms with E-state index < -0.39 is 17.9 Å². The van der Waals surface area contributed by atoms with E-state index in [1.54, 1.807) is 4.90 Å². The fourth-order valence-corrected chi connectivity index (χ4v) is 1.95. The average Bonchev–Trinajstić information content (AvgIpc) is 2.26. The number of rotatable bonds is 2. The smallest absolute Gasteiger partial charge is 0.308 e. The number of hydrogen-bond donors (Lipinski definition) is 2. The highest BCUT2D eigenvalue weighted by Gasteiger charge is 2.34. The quantitative estimate of drug-likeness (QED) is 0.746. The zero-order valence-corrected chi connectivity index (χ0v) is 10.8. The zero-order valence-electron chi connectivity index (χ0n) is 10.8. The Hall–Kier alpha value is -1.10. The van der Waals surface area contributed by atoms with Gasteiger partial charge in [0, 0.05) is 13.1 Å². The number of amides is 1. The standard InChI is InChI=1S/C12H22N2O3/c1-12(2,3)9(13)10(15)14-6-4-5-8(7-14)11(16)17/h8-9H,4-7,13H2,1-3H3,(H,16,17)/t8-,9?/m0/s1. The zero-order chi connectivity index (χ0) is 13.2. The first-order chi connectivity index (χ1) is 7.73. The molecule has 0 spiro atoms. The maximum absolute atomic E-state index is 12.1. The van der Waals surface area contributed by atoms with Crippen molar-refractivity contribution in [3.8, 4) is 0 Å². The first kappa shape index (κ1) is 14.0. The molecule has 1 fully saturated rings. The van der Waals surface area contributed by atoms with Gasteiger partial charge in [0.15, 0.2) is 0 Å². The van der Waals surface area contributed by atoms with Crippen molar-refractivity contribution >= 4 is 11.9 Å². The molecule has 1 aliphatic rings. The van der Waals surface area contributed by atoms with Crippen molar-refractivity contribution in [3.63, 3.8) is 0 Å². The van der Waals surface area contributed by atoms with Crippen LogP contribution in [0.25, 0.3) is 0 Å². The second-order valence-corrected chi connectivity index (χ2v) is 5.81. The molecule has 2 atom stereocenters. The summed E-state index contributed by atoms with van der Waals surface area (Å²) in [4.78, 5) is 24.6. The number of carbonyl (C=O) groups excluding carboxylic acids is 1. The van der Waals surface area contributed by atoms with E-state index in [2.05, 4.69) is 0 Å².